The summed E-state index contributed by atoms with van der Waals surface area (Å²) in [6.45, 7) is 8.03. The highest BCUT2D eigenvalue weighted by molar-refractivity contribution is 7.90. The Kier molecular flexibility index (Phi) is 6.86. The van der Waals surface area contributed by atoms with Gasteiger partial charge in [-0.1, -0.05) is 6.07 Å². The molecular formula is C21H29F2N3O3S. The maximum absolute atomic E-state index is 14.1. The quantitative estimate of drug-likeness (QED) is 0.719. The van der Waals surface area contributed by atoms with Gasteiger partial charge in [-0.2, -0.15) is 0 Å². The topological polar surface area (TPSA) is 79.2 Å². The highest BCUT2D eigenvalue weighted by atomic mass is 32.2. The van der Waals surface area contributed by atoms with Crippen LogP contribution in [0.1, 0.15) is 62.5 Å². The third-order valence-corrected chi connectivity index (χ3v) is 6.93. The Morgan fingerprint density at radius 1 is 1.30 bits per heavy atom. The van der Waals surface area contributed by atoms with Crippen LogP contribution < -0.4 is 10.3 Å². The Bertz CT molecular complexity index is 969. The lowest BCUT2D eigenvalue weighted by Crippen LogP contribution is -2.43. The molecule has 1 aliphatic rings. The first-order valence-corrected chi connectivity index (χ1v) is 11.2. The molecule has 30 heavy (non-hydrogen) atoms. The average Bonchev–Trinajstić information content (AvgIpc) is 2.68. The fourth-order valence-corrected chi connectivity index (χ4v) is 4.48. The molecule has 6 nitrogen and oxygen atoms in total. The summed E-state index contributed by atoms with van der Waals surface area (Å²) < 4.78 is 49.6. The summed E-state index contributed by atoms with van der Waals surface area (Å²) in [6, 6.07) is 1.77. The number of rotatable bonds is 5. The summed E-state index contributed by atoms with van der Waals surface area (Å²) in [5.41, 5.74) is 0.845. The van der Waals surface area contributed by atoms with Gasteiger partial charge in [-0.25, -0.2) is 13.8 Å². The van der Waals surface area contributed by atoms with Gasteiger partial charge in [0, 0.05) is 43.1 Å². The van der Waals surface area contributed by atoms with E-state index in [1.807, 2.05) is 0 Å². The molecule has 1 fully saturated rings. The van der Waals surface area contributed by atoms with Crippen LogP contribution in [0.5, 0.6) is 0 Å². The molecule has 2 heterocycles. The monoisotopic (exact) mass is 441 g/mol. The molecule has 1 aromatic carbocycles. The second-order valence-electron chi connectivity index (χ2n) is 8.78. The molecule has 1 aromatic heterocycles. The van der Waals surface area contributed by atoms with Gasteiger partial charge in [-0.3, -0.25) is 9.36 Å². The number of hydrogen-bond acceptors (Lipinski definition) is 5. The second-order valence-corrected chi connectivity index (χ2v) is 10.8. The number of aromatic nitrogens is 2. The summed E-state index contributed by atoms with van der Waals surface area (Å²) in [7, 11) is 1.67. The van der Waals surface area contributed by atoms with E-state index in [2.05, 4.69) is 4.72 Å². The Balaban J connectivity index is 2.19. The molecule has 2 atom stereocenters. The molecule has 1 N–H and O–H groups in total. The van der Waals surface area contributed by atoms with Crippen molar-refractivity contribution < 1.29 is 18.1 Å². The number of alkyl halides is 2. The Morgan fingerprint density at radius 2 is 1.93 bits per heavy atom. The maximum atomic E-state index is 14.1. The van der Waals surface area contributed by atoms with Crippen LogP contribution in [0.2, 0.25) is 0 Å². The smallest absolute Gasteiger partial charge is 0.262 e. The van der Waals surface area contributed by atoms with E-state index >= 15 is 0 Å². The molecule has 0 spiro atoms. The van der Waals surface area contributed by atoms with E-state index in [4.69, 9.17) is 9.72 Å². The lowest BCUT2D eigenvalue weighted by atomic mass is 9.97. The fraction of sp³-hybridized carbons (Fsp3) is 0.619. The van der Waals surface area contributed by atoms with Crippen LogP contribution >= 0.6 is 0 Å². The van der Waals surface area contributed by atoms with Crippen molar-refractivity contribution in [3.05, 3.63) is 39.4 Å². The van der Waals surface area contributed by atoms with Crippen molar-refractivity contribution in [2.45, 2.75) is 63.7 Å². The van der Waals surface area contributed by atoms with Crippen LogP contribution in [0.4, 0.5) is 8.78 Å². The van der Waals surface area contributed by atoms with Crippen molar-refractivity contribution in [2.24, 2.45) is 7.05 Å². The number of nitrogens with one attached hydrogen (secondary N) is 1. The van der Waals surface area contributed by atoms with Crippen LogP contribution in [0, 0.1) is 6.92 Å². The largest absolute Gasteiger partial charge is 0.598 e. The zero-order valence-corrected chi connectivity index (χ0v) is 18.8. The predicted molar refractivity (Wildman–Crippen MR) is 114 cm³/mol. The number of fused-ring (bicyclic) bond motifs is 1. The molecule has 0 saturated carbocycles. The van der Waals surface area contributed by atoms with Crippen molar-refractivity contribution in [2.75, 3.05) is 13.2 Å². The van der Waals surface area contributed by atoms with E-state index in [9.17, 15) is 18.1 Å². The SMILES string of the molecule is Cc1cc([C@H](N[S+]([O-])C(C)(C)C)C(F)F)c2nc(C3CCOCC3)n(C)c(=O)c2c1. The lowest BCUT2D eigenvalue weighted by Gasteiger charge is -2.28. The number of benzene rings is 1. The van der Waals surface area contributed by atoms with E-state index in [-0.39, 0.29) is 27.9 Å². The van der Waals surface area contributed by atoms with Crippen LogP contribution in [-0.2, 0) is 23.1 Å². The van der Waals surface area contributed by atoms with Gasteiger partial charge in [0.15, 0.2) is 0 Å². The first-order valence-electron chi connectivity index (χ1n) is 10.1. The summed E-state index contributed by atoms with van der Waals surface area (Å²) in [6.07, 6.45) is -1.38. The Hall–Kier alpha value is -1.55. The predicted octanol–water partition coefficient (Wildman–Crippen LogP) is 3.49. The first kappa shape index (κ1) is 23.1. The molecule has 9 heteroatoms. The van der Waals surface area contributed by atoms with Crippen molar-refractivity contribution in [1.29, 1.82) is 0 Å². The zero-order chi connectivity index (χ0) is 22.2. The molecule has 0 radical (unpaired) electrons. The number of hydrogen-bond donors (Lipinski definition) is 1. The summed E-state index contributed by atoms with van der Waals surface area (Å²) >= 11 is -1.72. The number of nitrogens with zero attached hydrogens (tertiary/aromatic N) is 2. The van der Waals surface area contributed by atoms with Crippen molar-refractivity contribution in [3.63, 3.8) is 0 Å². The molecule has 0 amide bonds. The maximum Gasteiger partial charge on any atom is 0.262 e. The first-order chi connectivity index (χ1) is 14.0. The van der Waals surface area contributed by atoms with E-state index in [1.165, 1.54) is 4.57 Å². The number of ether oxygens (including phenoxy) is 1. The van der Waals surface area contributed by atoms with Crippen molar-refractivity contribution in [3.8, 4) is 0 Å². The third kappa shape index (κ3) is 4.69. The van der Waals surface area contributed by atoms with Crippen LogP contribution in [0.3, 0.4) is 0 Å². The van der Waals surface area contributed by atoms with Crippen molar-refractivity contribution >= 4 is 22.3 Å². The summed E-state index contributed by atoms with van der Waals surface area (Å²) in [4.78, 5) is 17.8. The minimum Gasteiger partial charge on any atom is -0.598 e. The van der Waals surface area contributed by atoms with Gasteiger partial charge < -0.3 is 9.29 Å². The summed E-state index contributed by atoms with van der Waals surface area (Å²) in [5.74, 6) is 0.600. The highest BCUT2D eigenvalue weighted by Gasteiger charge is 2.36. The van der Waals surface area contributed by atoms with Crippen LogP contribution in [-0.4, -0.2) is 38.5 Å². The molecule has 1 unspecified atom stereocenters. The van der Waals surface area contributed by atoms with Gasteiger partial charge >= 0.3 is 0 Å². The van der Waals surface area contributed by atoms with Crippen LogP contribution in [0.25, 0.3) is 10.9 Å². The van der Waals surface area contributed by atoms with Gasteiger partial charge in [-0.05, 0) is 52.2 Å². The molecule has 3 rings (SSSR count). The summed E-state index contributed by atoms with van der Waals surface area (Å²) in [5, 5.41) is 0.289. The van der Waals surface area contributed by atoms with E-state index in [0.717, 1.165) is 12.8 Å². The number of aryl methyl sites for hydroxylation is 1. The molecule has 2 aromatic rings. The zero-order valence-electron chi connectivity index (χ0n) is 18.0. The van der Waals surface area contributed by atoms with E-state index < -0.39 is 28.6 Å². The average molecular weight is 442 g/mol. The minimum absolute atomic E-state index is 0.0247. The molecule has 1 saturated heterocycles. The van der Waals surface area contributed by atoms with Gasteiger partial charge in [0.05, 0.1) is 10.9 Å². The van der Waals surface area contributed by atoms with Crippen molar-refractivity contribution in [1.82, 2.24) is 14.3 Å². The van der Waals surface area contributed by atoms with E-state index in [1.54, 1.807) is 46.9 Å². The standard InChI is InChI=1S/C21H29F2N3O3S/c1-12-10-14(17(18(22)23)25-30(28)21(2,3)4)16-15(11-12)20(27)26(5)19(24-16)13-6-8-29-9-7-13/h10-11,13,17-18,25H,6-9H2,1-5H3/t17-,30?/m0/s1. The van der Waals surface area contributed by atoms with Gasteiger partial charge in [0.25, 0.3) is 12.0 Å². The lowest BCUT2D eigenvalue weighted by molar-refractivity contribution is 0.0828. The Labute approximate surface area is 178 Å². The van der Waals surface area contributed by atoms with Gasteiger partial charge in [-0.15, -0.1) is 4.72 Å². The van der Waals surface area contributed by atoms with Gasteiger partial charge in [0.2, 0.25) is 0 Å². The Morgan fingerprint density at radius 3 is 2.50 bits per heavy atom. The highest BCUT2D eigenvalue weighted by Crippen LogP contribution is 2.32. The normalized spacial score (nSPS) is 18.2. The molecule has 166 valence electrons. The van der Waals surface area contributed by atoms with Gasteiger partial charge in [0.1, 0.15) is 16.6 Å². The fourth-order valence-electron chi connectivity index (χ4n) is 3.67. The second kappa shape index (κ2) is 8.90. The molecular weight excluding hydrogens is 412 g/mol. The molecule has 0 aliphatic carbocycles. The molecule has 0 bridgehead atoms. The number of halogens is 2. The van der Waals surface area contributed by atoms with E-state index in [0.29, 0.717) is 24.6 Å². The minimum atomic E-state index is -2.82. The third-order valence-electron chi connectivity index (χ3n) is 5.35. The molecule has 1 aliphatic heterocycles. The van der Waals surface area contributed by atoms with Crippen LogP contribution in [0.15, 0.2) is 16.9 Å².